The number of nitrogens with zero attached hydrogens (tertiary/aromatic N) is 2. The van der Waals surface area contributed by atoms with Gasteiger partial charge in [-0.05, 0) is 44.6 Å². The largest absolute Gasteiger partial charge is 0.508 e. The summed E-state index contributed by atoms with van der Waals surface area (Å²) in [4.78, 5) is 16.5. The molecule has 1 N–H and O–H groups in total. The number of hydrogen-bond donors (Lipinski definition) is 1. The fraction of sp³-hybridized carbons (Fsp3) is 0.533. The zero-order valence-electron chi connectivity index (χ0n) is 11.7. The predicted molar refractivity (Wildman–Crippen MR) is 75.1 cm³/mol. The summed E-state index contributed by atoms with van der Waals surface area (Å²) < 4.78 is 0. The van der Waals surface area contributed by atoms with Gasteiger partial charge in [-0.2, -0.15) is 0 Å². The highest BCUT2D eigenvalue weighted by molar-refractivity contribution is 5.79. The van der Waals surface area contributed by atoms with Gasteiger partial charge in [0.15, 0.2) is 0 Å². The highest BCUT2D eigenvalue weighted by atomic mass is 16.3. The van der Waals surface area contributed by atoms with Crippen LogP contribution in [0.4, 0.5) is 0 Å². The molecule has 1 fully saturated rings. The van der Waals surface area contributed by atoms with Gasteiger partial charge in [-0.25, -0.2) is 0 Å². The molecule has 4 heteroatoms. The van der Waals surface area contributed by atoms with Crippen LogP contribution >= 0.6 is 0 Å². The normalized spacial score (nSPS) is 19.1. The van der Waals surface area contributed by atoms with Gasteiger partial charge in [-0.1, -0.05) is 12.1 Å². The number of rotatable bonds is 4. The molecular formula is C15H22N2O2. The molecule has 0 radical (unpaired) electrons. The average Bonchev–Trinajstić information content (AvgIpc) is 2.76. The third-order valence-electron chi connectivity index (χ3n) is 3.54. The standard InChI is InChI=1S/C15H22N2O2/c1-16(2)11-13-6-4-8-17(13)15(19)10-12-5-3-7-14(18)9-12/h3,5,7,9,13,18H,4,6,8,10-11H2,1-2H3. The Labute approximate surface area is 114 Å². The Morgan fingerprint density at radius 3 is 2.95 bits per heavy atom. The fourth-order valence-electron chi connectivity index (χ4n) is 2.72. The Balaban J connectivity index is 1.99. The van der Waals surface area contributed by atoms with Gasteiger partial charge in [0, 0.05) is 19.1 Å². The van der Waals surface area contributed by atoms with Gasteiger partial charge in [0.1, 0.15) is 5.75 Å². The van der Waals surface area contributed by atoms with Crippen LogP contribution in [0, 0.1) is 0 Å². The second-order valence-corrected chi connectivity index (χ2v) is 5.49. The van der Waals surface area contributed by atoms with E-state index < -0.39 is 0 Å². The molecule has 1 saturated heterocycles. The van der Waals surface area contributed by atoms with Crippen molar-refractivity contribution in [2.45, 2.75) is 25.3 Å². The second kappa shape index (κ2) is 6.06. The first kappa shape index (κ1) is 13.9. The molecule has 2 rings (SSSR count). The molecule has 1 heterocycles. The topological polar surface area (TPSA) is 43.8 Å². The summed E-state index contributed by atoms with van der Waals surface area (Å²) in [6.07, 6.45) is 2.55. The van der Waals surface area contributed by atoms with Crippen molar-refractivity contribution in [3.05, 3.63) is 29.8 Å². The lowest BCUT2D eigenvalue weighted by Crippen LogP contribution is -2.42. The van der Waals surface area contributed by atoms with E-state index >= 15 is 0 Å². The zero-order valence-corrected chi connectivity index (χ0v) is 11.7. The quantitative estimate of drug-likeness (QED) is 0.894. The Morgan fingerprint density at radius 2 is 2.26 bits per heavy atom. The molecule has 1 aromatic rings. The molecule has 1 atom stereocenters. The number of aromatic hydroxyl groups is 1. The number of carbonyl (C=O) groups excluding carboxylic acids is 1. The van der Waals surface area contributed by atoms with Gasteiger partial charge < -0.3 is 14.9 Å². The summed E-state index contributed by atoms with van der Waals surface area (Å²) in [5, 5.41) is 9.43. The third-order valence-corrected chi connectivity index (χ3v) is 3.54. The van der Waals surface area contributed by atoms with Crippen LogP contribution < -0.4 is 0 Å². The van der Waals surface area contributed by atoms with Crippen molar-refractivity contribution >= 4 is 5.91 Å². The van der Waals surface area contributed by atoms with Crippen molar-refractivity contribution < 1.29 is 9.90 Å². The number of benzene rings is 1. The summed E-state index contributed by atoms with van der Waals surface area (Å²) in [5.74, 6) is 0.381. The number of likely N-dealkylation sites (N-methyl/N-ethyl adjacent to an activating group) is 1. The van der Waals surface area contributed by atoms with Gasteiger partial charge in [-0.3, -0.25) is 4.79 Å². The van der Waals surface area contributed by atoms with Crippen LogP contribution in [-0.2, 0) is 11.2 Å². The molecule has 0 aromatic heterocycles. The van der Waals surface area contributed by atoms with Crippen LogP contribution in [-0.4, -0.2) is 54.0 Å². The maximum atomic E-state index is 12.3. The summed E-state index contributed by atoms with van der Waals surface area (Å²) in [6.45, 7) is 1.78. The summed E-state index contributed by atoms with van der Waals surface area (Å²) in [7, 11) is 4.08. The van der Waals surface area contributed by atoms with Crippen molar-refractivity contribution in [3.8, 4) is 5.75 Å². The number of likely N-dealkylation sites (tertiary alicyclic amines) is 1. The number of hydrogen-bond acceptors (Lipinski definition) is 3. The maximum absolute atomic E-state index is 12.3. The van der Waals surface area contributed by atoms with Crippen LogP contribution in [0.5, 0.6) is 5.75 Å². The molecule has 0 spiro atoms. The van der Waals surface area contributed by atoms with Crippen molar-refractivity contribution in [1.82, 2.24) is 9.80 Å². The third kappa shape index (κ3) is 3.70. The minimum Gasteiger partial charge on any atom is -0.508 e. The molecule has 4 nitrogen and oxygen atoms in total. The summed E-state index contributed by atoms with van der Waals surface area (Å²) >= 11 is 0. The van der Waals surface area contributed by atoms with Crippen molar-refractivity contribution in [2.75, 3.05) is 27.2 Å². The smallest absolute Gasteiger partial charge is 0.227 e. The molecule has 19 heavy (non-hydrogen) atoms. The molecule has 1 amide bonds. The van der Waals surface area contributed by atoms with Crippen LogP contribution in [0.15, 0.2) is 24.3 Å². The van der Waals surface area contributed by atoms with Crippen molar-refractivity contribution in [3.63, 3.8) is 0 Å². The first-order chi connectivity index (χ1) is 9.06. The van der Waals surface area contributed by atoms with E-state index in [1.54, 1.807) is 18.2 Å². The van der Waals surface area contributed by atoms with Gasteiger partial charge in [0.2, 0.25) is 5.91 Å². The SMILES string of the molecule is CN(C)CC1CCCN1C(=O)Cc1cccc(O)c1. The number of amides is 1. The molecule has 1 unspecified atom stereocenters. The molecule has 1 aromatic carbocycles. The molecule has 0 bridgehead atoms. The van der Waals surface area contributed by atoms with E-state index in [2.05, 4.69) is 4.90 Å². The highest BCUT2D eigenvalue weighted by Gasteiger charge is 2.28. The Hall–Kier alpha value is -1.55. The van der Waals surface area contributed by atoms with E-state index in [-0.39, 0.29) is 11.7 Å². The molecule has 1 aliphatic rings. The van der Waals surface area contributed by atoms with E-state index in [0.29, 0.717) is 12.5 Å². The van der Waals surface area contributed by atoms with E-state index in [9.17, 15) is 9.90 Å². The zero-order chi connectivity index (χ0) is 13.8. The van der Waals surface area contributed by atoms with Crippen LogP contribution in [0.1, 0.15) is 18.4 Å². The molecule has 104 valence electrons. The van der Waals surface area contributed by atoms with Crippen LogP contribution in [0.25, 0.3) is 0 Å². The number of carbonyl (C=O) groups is 1. The minimum absolute atomic E-state index is 0.162. The lowest BCUT2D eigenvalue weighted by Gasteiger charge is -2.27. The highest BCUT2D eigenvalue weighted by Crippen LogP contribution is 2.20. The molecule has 0 aliphatic carbocycles. The molecule has 1 aliphatic heterocycles. The summed E-state index contributed by atoms with van der Waals surface area (Å²) in [5.41, 5.74) is 0.875. The predicted octanol–water partition coefficient (Wildman–Crippen LogP) is 1.49. The van der Waals surface area contributed by atoms with Crippen LogP contribution in [0.3, 0.4) is 0 Å². The molecule has 0 saturated carbocycles. The second-order valence-electron chi connectivity index (χ2n) is 5.49. The Morgan fingerprint density at radius 1 is 1.47 bits per heavy atom. The maximum Gasteiger partial charge on any atom is 0.227 e. The fourth-order valence-corrected chi connectivity index (χ4v) is 2.72. The van der Waals surface area contributed by atoms with Gasteiger partial charge in [0.05, 0.1) is 6.42 Å². The van der Waals surface area contributed by atoms with Gasteiger partial charge in [-0.15, -0.1) is 0 Å². The summed E-state index contributed by atoms with van der Waals surface area (Å²) in [6, 6.07) is 7.28. The van der Waals surface area contributed by atoms with E-state index in [1.807, 2.05) is 25.1 Å². The van der Waals surface area contributed by atoms with Crippen molar-refractivity contribution in [1.29, 1.82) is 0 Å². The minimum atomic E-state index is 0.162. The molecular weight excluding hydrogens is 240 g/mol. The number of phenols is 1. The average molecular weight is 262 g/mol. The lowest BCUT2D eigenvalue weighted by atomic mass is 10.1. The Kier molecular flexibility index (Phi) is 4.43. The van der Waals surface area contributed by atoms with Crippen molar-refractivity contribution in [2.24, 2.45) is 0 Å². The number of phenolic OH excluding ortho intramolecular Hbond substituents is 1. The van der Waals surface area contributed by atoms with E-state index in [1.165, 1.54) is 0 Å². The van der Waals surface area contributed by atoms with Gasteiger partial charge in [0.25, 0.3) is 0 Å². The first-order valence-electron chi connectivity index (χ1n) is 6.78. The van der Waals surface area contributed by atoms with E-state index in [0.717, 1.165) is 31.5 Å². The lowest BCUT2D eigenvalue weighted by molar-refractivity contribution is -0.131. The monoisotopic (exact) mass is 262 g/mol. The first-order valence-corrected chi connectivity index (χ1v) is 6.78. The van der Waals surface area contributed by atoms with Crippen LogP contribution in [0.2, 0.25) is 0 Å². The van der Waals surface area contributed by atoms with Gasteiger partial charge >= 0.3 is 0 Å². The van der Waals surface area contributed by atoms with E-state index in [4.69, 9.17) is 0 Å². The Bertz CT molecular complexity index is 446.